The van der Waals surface area contributed by atoms with E-state index in [-0.39, 0.29) is 12.6 Å². The topological polar surface area (TPSA) is 29.5 Å². The largest absolute Gasteiger partial charge is 0.459 e. The van der Waals surface area contributed by atoms with Gasteiger partial charge < -0.3 is 9.55 Å². The molecule has 0 aromatic heterocycles. The minimum absolute atomic E-state index is 0.0625. The van der Waals surface area contributed by atoms with Gasteiger partial charge >= 0.3 is 5.97 Å². The third-order valence-electron chi connectivity index (χ3n) is 3.08. The van der Waals surface area contributed by atoms with Gasteiger partial charge in [-0.25, -0.2) is 0 Å². The summed E-state index contributed by atoms with van der Waals surface area (Å²) in [5.74, 6) is -0.272. The molecule has 1 aliphatic rings. The highest BCUT2D eigenvalue weighted by Gasteiger charge is 2.41. The Morgan fingerprint density at radius 3 is 2.94 bits per heavy atom. The summed E-state index contributed by atoms with van der Waals surface area (Å²) in [6, 6.07) is 0. The van der Waals surface area contributed by atoms with Crippen molar-refractivity contribution >= 4 is 25.6 Å². The second kappa shape index (κ2) is 4.96. The second-order valence-corrected chi connectivity index (χ2v) is 4.93. The third-order valence-corrected chi connectivity index (χ3v) is 3.19. The first kappa shape index (κ1) is 13.2. The van der Waals surface area contributed by atoms with E-state index >= 15 is 0 Å². The van der Waals surface area contributed by atoms with Crippen molar-refractivity contribution in [2.24, 2.45) is 5.41 Å². The maximum absolute atomic E-state index is 12.0. The molecule has 0 saturated carbocycles. The van der Waals surface area contributed by atoms with E-state index in [9.17, 15) is 4.79 Å². The third kappa shape index (κ3) is 2.61. The summed E-state index contributed by atoms with van der Waals surface area (Å²) in [5.41, 5.74) is 0.184. The fourth-order valence-electron chi connectivity index (χ4n) is 1.89. The summed E-state index contributed by atoms with van der Waals surface area (Å²) in [6.07, 6.45) is 1.73. The quantitative estimate of drug-likeness (QED) is 0.553. The normalized spacial score (nSPS) is 25.4. The van der Waals surface area contributed by atoms with E-state index in [1.807, 2.05) is 19.7 Å². The molecule has 0 aromatic carbocycles. The Labute approximate surface area is 103 Å². The van der Waals surface area contributed by atoms with Gasteiger partial charge in [-0.05, 0) is 19.8 Å². The van der Waals surface area contributed by atoms with E-state index in [0.29, 0.717) is 5.03 Å². The van der Waals surface area contributed by atoms with Crippen molar-refractivity contribution in [1.29, 1.82) is 0 Å². The molecule has 1 saturated heterocycles. The number of esters is 1. The molecule has 16 heavy (non-hydrogen) atoms. The molecule has 1 heterocycles. The van der Waals surface area contributed by atoms with Gasteiger partial charge in [-0.1, -0.05) is 24.8 Å². The van der Waals surface area contributed by atoms with Crippen molar-refractivity contribution in [3.63, 3.8) is 0 Å². The van der Waals surface area contributed by atoms with Crippen molar-refractivity contribution in [3.8, 4) is 0 Å². The number of carbonyl (C=O) groups excluding carboxylic acids is 1. The molecule has 0 aliphatic carbocycles. The van der Waals surface area contributed by atoms with Crippen LogP contribution in [0.15, 0.2) is 23.9 Å². The van der Waals surface area contributed by atoms with Crippen molar-refractivity contribution in [2.75, 3.05) is 13.2 Å². The summed E-state index contributed by atoms with van der Waals surface area (Å²) >= 11 is 5.57. The van der Waals surface area contributed by atoms with Crippen LogP contribution in [0.2, 0.25) is 0 Å². The fourth-order valence-corrected chi connectivity index (χ4v) is 1.95. The zero-order valence-corrected chi connectivity index (χ0v) is 10.6. The molecular weight excluding hydrogens is 224 g/mol. The first-order valence-electron chi connectivity index (χ1n) is 5.29. The van der Waals surface area contributed by atoms with Crippen LogP contribution in [0.5, 0.6) is 0 Å². The Balaban J connectivity index is 2.71. The Morgan fingerprint density at radius 1 is 1.75 bits per heavy atom. The summed E-state index contributed by atoms with van der Waals surface area (Å²) in [5, 5.41) is 0.326. The van der Waals surface area contributed by atoms with E-state index < -0.39 is 5.41 Å². The SMILES string of the molecule is BN1CCCC(C)(C(=O)OCC(=C)Cl)C1=C. The Kier molecular flexibility index (Phi) is 4.08. The van der Waals surface area contributed by atoms with Crippen LogP contribution in [0.1, 0.15) is 19.8 Å². The van der Waals surface area contributed by atoms with Gasteiger partial charge in [-0.15, -0.1) is 0 Å². The van der Waals surface area contributed by atoms with E-state index in [1.165, 1.54) is 0 Å². The summed E-state index contributed by atoms with van der Waals surface area (Å²) in [6.45, 7) is 10.3. The molecule has 1 fully saturated rings. The molecule has 0 amide bonds. The molecule has 3 nitrogen and oxygen atoms in total. The molecule has 1 unspecified atom stereocenters. The van der Waals surface area contributed by atoms with Crippen LogP contribution in [0.25, 0.3) is 0 Å². The molecule has 1 rings (SSSR count). The van der Waals surface area contributed by atoms with Crippen LogP contribution in [0.4, 0.5) is 0 Å². The highest BCUT2D eigenvalue weighted by molar-refractivity contribution is 6.29. The molecule has 1 atom stereocenters. The maximum atomic E-state index is 12.0. The van der Waals surface area contributed by atoms with Gasteiger partial charge in [0.05, 0.1) is 0 Å². The van der Waals surface area contributed by atoms with Crippen molar-refractivity contribution in [2.45, 2.75) is 19.8 Å². The summed E-state index contributed by atoms with van der Waals surface area (Å²) in [7, 11) is 1.94. The lowest BCUT2D eigenvalue weighted by Gasteiger charge is -2.40. The van der Waals surface area contributed by atoms with Gasteiger partial charge in [0.25, 0.3) is 0 Å². The molecular formula is C11H17BClNO2. The Bertz CT molecular complexity index is 332. The number of halogens is 1. The lowest BCUT2D eigenvalue weighted by Crippen LogP contribution is -2.43. The van der Waals surface area contributed by atoms with E-state index in [1.54, 1.807) is 0 Å². The number of carbonyl (C=O) groups is 1. The van der Waals surface area contributed by atoms with E-state index in [0.717, 1.165) is 25.1 Å². The highest BCUT2D eigenvalue weighted by atomic mass is 35.5. The molecule has 0 radical (unpaired) electrons. The Hall–Kier alpha value is -0.895. The highest BCUT2D eigenvalue weighted by Crippen LogP contribution is 2.38. The predicted molar refractivity (Wildman–Crippen MR) is 67.7 cm³/mol. The average molecular weight is 242 g/mol. The number of hydrogen-bond acceptors (Lipinski definition) is 3. The van der Waals surface area contributed by atoms with Crippen molar-refractivity contribution < 1.29 is 9.53 Å². The van der Waals surface area contributed by atoms with Crippen LogP contribution < -0.4 is 0 Å². The second-order valence-electron chi connectivity index (χ2n) is 4.40. The van der Waals surface area contributed by atoms with E-state index in [2.05, 4.69) is 13.2 Å². The van der Waals surface area contributed by atoms with Gasteiger partial charge in [0.1, 0.15) is 12.0 Å². The lowest BCUT2D eigenvalue weighted by molar-refractivity contribution is -0.153. The monoisotopic (exact) mass is 241 g/mol. The van der Waals surface area contributed by atoms with Crippen LogP contribution in [-0.2, 0) is 9.53 Å². The average Bonchev–Trinajstić information content (AvgIpc) is 2.22. The fraction of sp³-hybridized carbons (Fsp3) is 0.545. The molecule has 0 spiro atoms. The minimum Gasteiger partial charge on any atom is -0.459 e. The van der Waals surface area contributed by atoms with Gasteiger partial charge in [-0.2, -0.15) is 0 Å². The zero-order valence-electron chi connectivity index (χ0n) is 9.88. The summed E-state index contributed by atoms with van der Waals surface area (Å²) < 4.78 is 5.11. The van der Waals surface area contributed by atoms with Gasteiger partial charge in [-0.3, -0.25) is 4.79 Å². The molecule has 0 N–H and O–H groups in total. The first-order valence-corrected chi connectivity index (χ1v) is 5.67. The zero-order chi connectivity index (χ0) is 12.3. The first-order chi connectivity index (χ1) is 7.38. The smallest absolute Gasteiger partial charge is 0.318 e. The molecule has 88 valence electrons. The van der Waals surface area contributed by atoms with Crippen LogP contribution in [-0.4, -0.2) is 31.9 Å². The minimum atomic E-state index is -0.626. The molecule has 0 aromatic rings. The van der Waals surface area contributed by atoms with Crippen molar-refractivity contribution in [3.05, 3.63) is 23.9 Å². The number of hydrogen-bond donors (Lipinski definition) is 0. The number of rotatable bonds is 3. The summed E-state index contributed by atoms with van der Waals surface area (Å²) in [4.78, 5) is 14.0. The molecule has 1 aliphatic heterocycles. The van der Waals surface area contributed by atoms with Crippen LogP contribution >= 0.6 is 11.6 Å². The lowest BCUT2D eigenvalue weighted by atomic mass is 9.78. The number of ether oxygens (including phenoxy) is 1. The van der Waals surface area contributed by atoms with Gasteiger partial charge in [0.2, 0.25) is 7.98 Å². The predicted octanol–water partition coefficient (Wildman–Crippen LogP) is 1.45. The van der Waals surface area contributed by atoms with Gasteiger partial charge in [0, 0.05) is 17.3 Å². The Morgan fingerprint density at radius 2 is 2.38 bits per heavy atom. The number of piperidine rings is 1. The molecule has 0 bridgehead atoms. The maximum Gasteiger partial charge on any atom is 0.318 e. The van der Waals surface area contributed by atoms with Crippen LogP contribution in [0.3, 0.4) is 0 Å². The van der Waals surface area contributed by atoms with Gasteiger partial charge in [0.15, 0.2) is 0 Å². The van der Waals surface area contributed by atoms with Crippen molar-refractivity contribution in [1.82, 2.24) is 4.81 Å². The number of nitrogens with zero attached hydrogens (tertiary/aromatic N) is 1. The van der Waals surface area contributed by atoms with E-state index in [4.69, 9.17) is 16.3 Å². The standard InChI is InChI=1S/C11H17BClNO2/c1-8(13)7-16-10(15)11(3)5-4-6-14(12)9(11)2/h1-2,4-7,12H2,3H3. The van der Waals surface area contributed by atoms with Crippen LogP contribution in [0, 0.1) is 5.41 Å². The molecule has 5 heteroatoms.